The first-order chi connectivity index (χ1) is 14.2. The largest absolute Gasteiger partial charge is 0.339 e. The zero-order chi connectivity index (χ0) is 20.1. The van der Waals surface area contributed by atoms with Gasteiger partial charge in [-0.3, -0.25) is 9.78 Å². The van der Waals surface area contributed by atoms with Crippen molar-refractivity contribution in [1.29, 1.82) is 5.26 Å². The van der Waals surface area contributed by atoms with E-state index in [0.717, 1.165) is 11.1 Å². The van der Waals surface area contributed by atoms with Crippen LogP contribution < -0.4 is 5.32 Å². The summed E-state index contributed by atoms with van der Waals surface area (Å²) in [6, 6.07) is 19.6. The molecule has 7 nitrogen and oxygen atoms in total. The zero-order valence-electron chi connectivity index (χ0n) is 15.2. The van der Waals surface area contributed by atoms with Crippen LogP contribution in [0.5, 0.6) is 0 Å². The average molecular weight is 381 g/mol. The molecule has 0 atom stereocenters. The minimum atomic E-state index is -0.295. The highest BCUT2D eigenvalue weighted by molar-refractivity contribution is 6.04. The van der Waals surface area contributed by atoms with Crippen molar-refractivity contribution in [1.82, 2.24) is 15.1 Å². The van der Waals surface area contributed by atoms with Crippen molar-refractivity contribution in [2.24, 2.45) is 0 Å². The van der Waals surface area contributed by atoms with Gasteiger partial charge in [0.25, 0.3) is 5.91 Å². The van der Waals surface area contributed by atoms with Crippen LogP contribution in [0, 0.1) is 11.3 Å². The van der Waals surface area contributed by atoms with Crippen LogP contribution in [0.1, 0.15) is 27.4 Å². The third kappa shape index (κ3) is 4.17. The van der Waals surface area contributed by atoms with Gasteiger partial charge in [-0.1, -0.05) is 29.4 Å². The molecule has 4 aromatic rings. The number of carbonyl (C=O) groups is 1. The fraction of sp³-hybridized carbons (Fsp3) is 0.0455. The van der Waals surface area contributed by atoms with E-state index in [2.05, 4.69) is 20.4 Å². The van der Waals surface area contributed by atoms with E-state index < -0.39 is 0 Å². The summed E-state index contributed by atoms with van der Waals surface area (Å²) in [6.07, 6.45) is 3.70. The molecular weight excluding hydrogens is 366 g/mol. The summed E-state index contributed by atoms with van der Waals surface area (Å²) in [4.78, 5) is 21.1. The smallest absolute Gasteiger partial charge is 0.255 e. The lowest BCUT2D eigenvalue weighted by molar-refractivity contribution is 0.102. The molecule has 2 heterocycles. The predicted octanol–water partition coefficient (Wildman–Crippen LogP) is 3.85. The van der Waals surface area contributed by atoms with Gasteiger partial charge in [-0.15, -0.1) is 0 Å². The summed E-state index contributed by atoms with van der Waals surface area (Å²) in [6.45, 7) is 0. The lowest BCUT2D eigenvalue weighted by atomic mass is 10.1. The Kier molecular flexibility index (Phi) is 5.08. The second kappa shape index (κ2) is 8.15. The number of anilines is 1. The number of pyridine rings is 1. The Bertz CT molecular complexity index is 1200. The number of nitrogens with zero attached hydrogens (tertiary/aromatic N) is 4. The van der Waals surface area contributed by atoms with Crippen molar-refractivity contribution < 1.29 is 9.32 Å². The lowest BCUT2D eigenvalue weighted by Gasteiger charge is -2.10. The van der Waals surface area contributed by atoms with Crippen LogP contribution in [0.15, 0.2) is 77.6 Å². The van der Waals surface area contributed by atoms with E-state index in [9.17, 15) is 4.79 Å². The van der Waals surface area contributed by atoms with Crippen LogP contribution in [-0.4, -0.2) is 21.0 Å². The number of nitrogens with one attached hydrogen (secondary N) is 1. The number of hydrogen-bond acceptors (Lipinski definition) is 6. The number of hydrogen-bond donors (Lipinski definition) is 1. The molecule has 7 heteroatoms. The van der Waals surface area contributed by atoms with E-state index in [1.165, 1.54) is 0 Å². The molecule has 1 N–H and O–H groups in total. The summed E-state index contributed by atoms with van der Waals surface area (Å²) in [5, 5.41) is 15.9. The fourth-order valence-corrected chi connectivity index (χ4v) is 2.82. The van der Waals surface area contributed by atoms with Gasteiger partial charge in [0.1, 0.15) is 0 Å². The molecule has 140 valence electrons. The Morgan fingerprint density at radius 2 is 2.00 bits per heavy atom. The van der Waals surface area contributed by atoms with Crippen LogP contribution in [0.25, 0.3) is 11.4 Å². The van der Waals surface area contributed by atoms with Gasteiger partial charge in [0, 0.05) is 29.2 Å². The molecule has 1 amide bonds. The lowest BCUT2D eigenvalue weighted by Crippen LogP contribution is -2.13. The molecule has 0 spiro atoms. The summed E-state index contributed by atoms with van der Waals surface area (Å²) in [5.41, 5.74) is 3.08. The van der Waals surface area contributed by atoms with Crippen LogP contribution >= 0.6 is 0 Å². The maximum absolute atomic E-state index is 12.6. The first-order valence-electron chi connectivity index (χ1n) is 8.85. The van der Waals surface area contributed by atoms with Crippen LogP contribution in [0.2, 0.25) is 0 Å². The molecule has 0 aliphatic carbocycles. The Morgan fingerprint density at radius 3 is 2.83 bits per heavy atom. The van der Waals surface area contributed by atoms with Crippen LogP contribution in [0.4, 0.5) is 5.69 Å². The molecule has 0 saturated carbocycles. The normalized spacial score (nSPS) is 10.3. The molecule has 0 unspecified atom stereocenters. The van der Waals surface area contributed by atoms with Crippen molar-refractivity contribution in [2.45, 2.75) is 6.42 Å². The topological polar surface area (TPSA) is 105 Å². The summed E-state index contributed by atoms with van der Waals surface area (Å²) < 4.78 is 5.36. The Morgan fingerprint density at radius 1 is 1.10 bits per heavy atom. The summed E-state index contributed by atoms with van der Waals surface area (Å²) in [7, 11) is 0. The molecular formula is C22H15N5O2. The van der Waals surface area contributed by atoms with Crippen molar-refractivity contribution >= 4 is 11.6 Å². The van der Waals surface area contributed by atoms with E-state index in [1.54, 1.807) is 48.8 Å². The second-order valence-electron chi connectivity index (χ2n) is 6.23. The minimum Gasteiger partial charge on any atom is -0.339 e. The van der Waals surface area contributed by atoms with Crippen molar-refractivity contribution in [3.63, 3.8) is 0 Å². The Balaban J connectivity index is 1.54. The quantitative estimate of drug-likeness (QED) is 0.563. The number of amides is 1. The molecule has 2 aromatic carbocycles. The zero-order valence-corrected chi connectivity index (χ0v) is 15.2. The monoisotopic (exact) mass is 381 g/mol. The Hall–Kier alpha value is -4.31. The van der Waals surface area contributed by atoms with E-state index in [-0.39, 0.29) is 5.91 Å². The highest BCUT2D eigenvalue weighted by atomic mass is 16.5. The van der Waals surface area contributed by atoms with Gasteiger partial charge in [-0.05, 0) is 42.0 Å². The van der Waals surface area contributed by atoms with Gasteiger partial charge >= 0.3 is 0 Å². The number of carbonyl (C=O) groups excluding carboxylic acids is 1. The van der Waals surface area contributed by atoms with E-state index in [1.807, 2.05) is 30.3 Å². The van der Waals surface area contributed by atoms with Crippen LogP contribution in [-0.2, 0) is 6.42 Å². The third-order valence-electron chi connectivity index (χ3n) is 4.25. The average Bonchev–Trinajstić information content (AvgIpc) is 3.24. The van der Waals surface area contributed by atoms with Crippen LogP contribution in [0.3, 0.4) is 0 Å². The predicted molar refractivity (Wildman–Crippen MR) is 106 cm³/mol. The highest BCUT2D eigenvalue weighted by Gasteiger charge is 2.14. The molecule has 29 heavy (non-hydrogen) atoms. The van der Waals surface area contributed by atoms with E-state index in [0.29, 0.717) is 35.0 Å². The molecule has 0 aliphatic heterocycles. The number of para-hydroxylation sites is 1. The van der Waals surface area contributed by atoms with Gasteiger partial charge in [-0.2, -0.15) is 10.2 Å². The number of aromatic nitrogens is 3. The van der Waals surface area contributed by atoms with Gasteiger partial charge in [0.05, 0.1) is 18.1 Å². The standard InChI is InChI=1S/C22H15N5O2/c23-13-15-5-3-7-17(11-15)22(28)25-19-9-2-1-6-16(19)12-20-26-21(27-29-20)18-8-4-10-24-14-18/h1-11,14H,12H2,(H,25,28). The molecule has 0 radical (unpaired) electrons. The first-order valence-corrected chi connectivity index (χ1v) is 8.85. The Labute approximate surface area is 166 Å². The highest BCUT2D eigenvalue weighted by Crippen LogP contribution is 2.21. The minimum absolute atomic E-state index is 0.295. The first kappa shape index (κ1) is 18.1. The van der Waals surface area contributed by atoms with Crippen molar-refractivity contribution in [2.75, 3.05) is 5.32 Å². The van der Waals surface area contributed by atoms with Gasteiger partial charge in [-0.25, -0.2) is 0 Å². The number of nitriles is 1. The maximum Gasteiger partial charge on any atom is 0.255 e. The SMILES string of the molecule is N#Cc1cccc(C(=O)Nc2ccccc2Cc2nc(-c3cccnc3)no2)c1. The number of benzene rings is 2. The molecule has 0 bridgehead atoms. The fourth-order valence-electron chi connectivity index (χ4n) is 2.82. The van der Waals surface area contributed by atoms with Gasteiger partial charge in [0.15, 0.2) is 0 Å². The van der Waals surface area contributed by atoms with Gasteiger partial charge < -0.3 is 9.84 Å². The number of rotatable bonds is 5. The summed E-state index contributed by atoms with van der Waals surface area (Å²) >= 11 is 0. The molecule has 0 saturated heterocycles. The molecule has 4 rings (SSSR count). The maximum atomic E-state index is 12.6. The van der Waals surface area contributed by atoms with E-state index >= 15 is 0 Å². The second-order valence-corrected chi connectivity index (χ2v) is 6.23. The molecule has 2 aromatic heterocycles. The van der Waals surface area contributed by atoms with Crippen molar-refractivity contribution in [3.05, 3.63) is 95.6 Å². The van der Waals surface area contributed by atoms with Gasteiger partial charge in [0.2, 0.25) is 11.7 Å². The molecule has 0 fully saturated rings. The van der Waals surface area contributed by atoms with Crippen molar-refractivity contribution in [3.8, 4) is 17.5 Å². The van der Waals surface area contributed by atoms with E-state index in [4.69, 9.17) is 9.78 Å². The third-order valence-corrected chi connectivity index (χ3v) is 4.25. The summed E-state index contributed by atoms with van der Waals surface area (Å²) in [5.74, 6) is 0.594. The molecule has 0 aliphatic rings.